The Balaban J connectivity index is 1.82. The number of carbonyl (C=O) groups is 1. The second-order valence-electron chi connectivity index (χ2n) is 6.39. The Morgan fingerprint density at radius 1 is 1.10 bits per heavy atom. The van der Waals surface area contributed by atoms with Crippen LogP contribution in [0.1, 0.15) is 15.2 Å². The van der Waals surface area contributed by atoms with Crippen LogP contribution < -0.4 is 19.1 Å². The van der Waals surface area contributed by atoms with Gasteiger partial charge >= 0.3 is 0 Å². The number of amides is 1. The summed E-state index contributed by atoms with van der Waals surface area (Å²) in [6.45, 7) is 0.252. The van der Waals surface area contributed by atoms with E-state index in [0.29, 0.717) is 22.1 Å². The minimum absolute atomic E-state index is 0.225. The number of ether oxygens (including phenoxy) is 2. The van der Waals surface area contributed by atoms with Crippen molar-refractivity contribution in [3.05, 3.63) is 52.9 Å². The van der Waals surface area contributed by atoms with Gasteiger partial charge in [-0.1, -0.05) is 6.07 Å². The molecule has 2 aromatic carbocycles. The van der Waals surface area contributed by atoms with Gasteiger partial charge in [-0.05, 0) is 41.8 Å². The van der Waals surface area contributed by atoms with Crippen LogP contribution in [0, 0.1) is 0 Å². The zero-order valence-electron chi connectivity index (χ0n) is 16.6. The van der Waals surface area contributed by atoms with E-state index in [1.165, 1.54) is 22.7 Å². The van der Waals surface area contributed by atoms with Crippen molar-refractivity contribution in [2.24, 2.45) is 0 Å². The third-order valence-corrected chi connectivity index (χ3v) is 6.86. The third kappa shape index (κ3) is 4.46. The van der Waals surface area contributed by atoms with E-state index in [1.54, 1.807) is 32.4 Å². The van der Waals surface area contributed by atoms with Gasteiger partial charge in [0.05, 0.1) is 43.1 Å². The largest absolute Gasteiger partial charge is 0.496 e. The summed E-state index contributed by atoms with van der Waals surface area (Å²) < 4.78 is 36.3. The van der Waals surface area contributed by atoms with Gasteiger partial charge in [0.15, 0.2) is 0 Å². The van der Waals surface area contributed by atoms with E-state index in [9.17, 15) is 13.2 Å². The van der Waals surface area contributed by atoms with Crippen molar-refractivity contribution < 1.29 is 22.7 Å². The maximum absolute atomic E-state index is 12.7. The van der Waals surface area contributed by atoms with Crippen molar-refractivity contribution in [1.82, 2.24) is 5.32 Å². The average molecular weight is 435 g/mol. The molecule has 0 radical (unpaired) electrons. The van der Waals surface area contributed by atoms with Crippen LogP contribution in [0.5, 0.6) is 11.5 Å². The Kier molecular flexibility index (Phi) is 5.99. The maximum atomic E-state index is 12.7. The lowest BCUT2D eigenvalue weighted by Crippen LogP contribution is -2.24. The highest BCUT2D eigenvalue weighted by Gasteiger charge is 2.16. The maximum Gasteiger partial charge on any atom is 0.261 e. The van der Waals surface area contributed by atoms with Crippen LogP contribution in [-0.2, 0) is 16.6 Å². The molecule has 154 valence electrons. The van der Waals surface area contributed by atoms with E-state index in [-0.39, 0.29) is 12.5 Å². The zero-order valence-corrected chi connectivity index (χ0v) is 18.2. The quantitative estimate of drug-likeness (QED) is 0.617. The highest BCUT2D eigenvalue weighted by molar-refractivity contribution is 7.92. The molecule has 0 saturated carbocycles. The molecule has 9 heteroatoms. The number of fused-ring (bicyclic) bond motifs is 1. The summed E-state index contributed by atoms with van der Waals surface area (Å²) in [5.41, 5.74) is 1.30. The number of anilines is 1. The lowest BCUT2D eigenvalue weighted by Gasteiger charge is -2.16. The lowest BCUT2D eigenvalue weighted by molar-refractivity contribution is 0.0954. The van der Waals surface area contributed by atoms with Gasteiger partial charge in [0, 0.05) is 11.7 Å². The Morgan fingerprint density at radius 3 is 2.34 bits per heavy atom. The highest BCUT2D eigenvalue weighted by atomic mass is 32.2. The van der Waals surface area contributed by atoms with Crippen LogP contribution in [0.3, 0.4) is 0 Å². The SMILES string of the molecule is COc1cccc(OC)c1CNC(=O)c1cc2cc(N(C)S(C)(=O)=O)ccc2s1. The first-order valence-electron chi connectivity index (χ1n) is 8.70. The van der Waals surface area contributed by atoms with Crippen LogP contribution >= 0.6 is 11.3 Å². The number of rotatable bonds is 7. The Bertz CT molecular complexity index is 1130. The number of hydrogen-bond acceptors (Lipinski definition) is 6. The molecule has 3 rings (SSSR count). The van der Waals surface area contributed by atoms with Gasteiger partial charge in [0.1, 0.15) is 11.5 Å². The smallest absolute Gasteiger partial charge is 0.261 e. The summed E-state index contributed by atoms with van der Waals surface area (Å²) in [5.74, 6) is 1.04. The molecular weight excluding hydrogens is 412 g/mol. The van der Waals surface area contributed by atoms with Gasteiger partial charge < -0.3 is 14.8 Å². The summed E-state index contributed by atoms with van der Waals surface area (Å²) in [6, 6.07) is 12.5. The second-order valence-corrected chi connectivity index (χ2v) is 9.48. The van der Waals surface area contributed by atoms with Crippen LogP contribution in [0.25, 0.3) is 10.1 Å². The molecular formula is C20H22N2O5S2. The number of nitrogens with zero attached hydrogens (tertiary/aromatic N) is 1. The molecule has 3 aromatic rings. The molecule has 0 atom stereocenters. The summed E-state index contributed by atoms with van der Waals surface area (Å²) in [5, 5.41) is 3.70. The monoisotopic (exact) mass is 434 g/mol. The van der Waals surface area contributed by atoms with Crippen LogP contribution in [0.2, 0.25) is 0 Å². The first kappa shape index (κ1) is 20.9. The normalized spacial score (nSPS) is 11.3. The topological polar surface area (TPSA) is 84.9 Å². The standard InChI is InChI=1S/C20H22N2O5S2/c1-22(29(4,24)25)14-8-9-18-13(10-14)11-19(28-18)20(23)21-12-15-16(26-2)6-5-7-17(15)27-3/h5-11H,12H2,1-4H3,(H,21,23). The molecule has 0 aliphatic carbocycles. The molecule has 1 heterocycles. The van der Waals surface area contributed by atoms with Gasteiger partial charge in [-0.15, -0.1) is 11.3 Å². The van der Waals surface area contributed by atoms with E-state index in [1.807, 2.05) is 24.3 Å². The summed E-state index contributed by atoms with van der Waals surface area (Å²) in [4.78, 5) is 13.2. The molecule has 0 bridgehead atoms. The Labute approximate surface area is 173 Å². The Hall–Kier alpha value is -2.78. The van der Waals surface area contributed by atoms with Gasteiger partial charge in [-0.25, -0.2) is 8.42 Å². The molecule has 0 unspecified atom stereocenters. The lowest BCUT2D eigenvalue weighted by atomic mass is 10.1. The van der Waals surface area contributed by atoms with E-state index >= 15 is 0 Å². The molecule has 7 nitrogen and oxygen atoms in total. The second kappa shape index (κ2) is 8.30. The van der Waals surface area contributed by atoms with E-state index < -0.39 is 10.0 Å². The van der Waals surface area contributed by atoms with Crippen molar-refractivity contribution >= 4 is 43.0 Å². The zero-order chi connectivity index (χ0) is 21.2. The van der Waals surface area contributed by atoms with Crippen molar-refractivity contribution in [3.8, 4) is 11.5 Å². The molecule has 0 aliphatic rings. The third-order valence-electron chi connectivity index (χ3n) is 4.54. The molecule has 1 aromatic heterocycles. The van der Waals surface area contributed by atoms with Crippen LogP contribution in [-0.4, -0.2) is 41.8 Å². The van der Waals surface area contributed by atoms with Gasteiger partial charge in [-0.2, -0.15) is 0 Å². The average Bonchev–Trinajstić information content (AvgIpc) is 3.13. The summed E-state index contributed by atoms with van der Waals surface area (Å²) >= 11 is 1.35. The van der Waals surface area contributed by atoms with Gasteiger partial charge in [0.25, 0.3) is 5.91 Å². The number of thiophene rings is 1. The van der Waals surface area contributed by atoms with Gasteiger partial charge in [0.2, 0.25) is 10.0 Å². The molecule has 0 aliphatic heterocycles. The van der Waals surface area contributed by atoms with E-state index in [4.69, 9.17) is 9.47 Å². The number of methoxy groups -OCH3 is 2. The highest BCUT2D eigenvalue weighted by Crippen LogP contribution is 2.31. The molecule has 0 fully saturated rings. The predicted molar refractivity (Wildman–Crippen MR) is 116 cm³/mol. The number of carbonyl (C=O) groups excluding carboxylic acids is 1. The molecule has 29 heavy (non-hydrogen) atoms. The van der Waals surface area contributed by atoms with Crippen molar-refractivity contribution in [2.45, 2.75) is 6.54 Å². The minimum atomic E-state index is -3.35. The number of nitrogens with one attached hydrogen (secondary N) is 1. The van der Waals surface area contributed by atoms with Crippen LogP contribution in [0.4, 0.5) is 5.69 Å². The summed E-state index contributed by atoms with van der Waals surface area (Å²) in [7, 11) is 1.28. The number of sulfonamides is 1. The Morgan fingerprint density at radius 2 is 1.76 bits per heavy atom. The molecule has 0 spiro atoms. The molecule has 1 amide bonds. The van der Waals surface area contributed by atoms with E-state index in [0.717, 1.165) is 21.9 Å². The fourth-order valence-electron chi connectivity index (χ4n) is 2.89. The van der Waals surface area contributed by atoms with Crippen molar-refractivity contribution in [2.75, 3.05) is 31.8 Å². The first-order valence-corrected chi connectivity index (χ1v) is 11.4. The molecule has 0 saturated heterocycles. The molecule has 1 N–H and O–H groups in total. The number of benzene rings is 2. The van der Waals surface area contributed by atoms with Gasteiger partial charge in [-0.3, -0.25) is 9.10 Å². The van der Waals surface area contributed by atoms with Crippen molar-refractivity contribution in [3.63, 3.8) is 0 Å². The fourth-order valence-corrected chi connectivity index (χ4v) is 4.34. The van der Waals surface area contributed by atoms with Crippen LogP contribution in [0.15, 0.2) is 42.5 Å². The van der Waals surface area contributed by atoms with E-state index in [2.05, 4.69) is 5.32 Å². The number of hydrogen-bond donors (Lipinski definition) is 1. The first-order chi connectivity index (χ1) is 13.7. The predicted octanol–water partition coefficient (Wildman–Crippen LogP) is 3.24. The minimum Gasteiger partial charge on any atom is -0.496 e. The van der Waals surface area contributed by atoms with Crippen molar-refractivity contribution in [1.29, 1.82) is 0 Å². The fraction of sp³-hybridized carbons (Fsp3) is 0.250. The summed E-state index contributed by atoms with van der Waals surface area (Å²) in [6.07, 6.45) is 1.15.